The number of hydrogen-bond donors (Lipinski definition) is 1. The van der Waals surface area contributed by atoms with Crippen molar-refractivity contribution in [3.63, 3.8) is 0 Å². The molecule has 0 aliphatic carbocycles. The molecule has 2 rings (SSSR count). The standard InChI is InChI=1S/C13H11BrFNO2S/c14-12-6-9(8-19-12)13(17)16-4-5-18-11-3-1-2-10(15)7-11/h1-3,6-8H,4-5H2,(H,16,17). The lowest BCUT2D eigenvalue weighted by Gasteiger charge is -2.07. The van der Waals surface area contributed by atoms with Gasteiger partial charge in [0.1, 0.15) is 18.2 Å². The largest absolute Gasteiger partial charge is 0.492 e. The zero-order chi connectivity index (χ0) is 13.7. The molecule has 1 heterocycles. The Labute approximate surface area is 122 Å². The van der Waals surface area contributed by atoms with E-state index in [1.807, 2.05) is 0 Å². The van der Waals surface area contributed by atoms with E-state index in [1.165, 1.54) is 23.5 Å². The van der Waals surface area contributed by atoms with Crippen LogP contribution in [0, 0.1) is 5.82 Å². The van der Waals surface area contributed by atoms with Crippen LogP contribution in [0.4, 0.5) is 4.39 Å². The molecule has 3 nitrogen and oxygen atoms in total. The summed E-state index contributed by atoms with van der Waals surface area (Å²) in [4.78, 5) is 11.7. The van der Waals surface area contributed by atoms with Gasteiger partial charge in [0, 0.05) is 11.4 Å². The van der Waals surface area contributed by atoms with Crippen molar-refractivity contribution in [1.82, 2.24) is 5.32 Å². The van der Waals surface area contributed by atoms with Crippen LogP contribution >= 0.6 is 27.3 Å². The zero-order valence-electron chi connectivity index (χ0n) is 9.86. The summed E-state index contributed by atoms with van der Waals surface area (Å²) < 4.78 is 19.1. The van der Waals surface area contributed by atoms with Gasteiger partial charge in [0.05, 0.1) is 15.9 Å². The van der Waals surface area contributed by atoms with Gasteiger partial charge in [-0.15, -0.1) is 11.3 Å². The molecule has 1 N–H and O–H groups in total. The van der Waals surface area contributed by atoms with Crippen molar-refractivity contribution < 1.29 is 13.9 Å². The van der Waals surface area contributed by atoms with Crippen molar-refractivity contribution in [2.45, 2.75) is 0 Å². The van der Waals surface area contributed by atoms with Gasteiger partial charge < -0.3 is 10.1 Å². The van der Waals surface area contributed by atoms with Gasteiger partial charge in [0.2, 0.25) is 0 Å². The Morgan fingerprint density at radius 3 is 2.95 bits per heavy atom. The highest BCUT2D eigenvalue weighted by Crippen LogP contribution is 2.20. The second-order valence-electron chi connectivity index (χ2n) is 3.70. The summed E-state index contributed by atoms with van der Waals surface area (Å²) in [6, 6.07) is 7.65. The van der Waals surface area contributed by atoms with Crippen LogP contribution in [-0.4, -0.2) is 19.1 Å². The molecule has 0 radical (unpaired) electrons. The number of halogens is 2. The summed E-state index contributed by atoms with van der Waals surface area (Å²) in [7, 11) is 0. The van der Waals surface area contributed by atoms with Crippen LogP contribution in [0.25, 0.3) is 0 Å². The maximum absolute atomic E-state index is 12.9. The Morgan fingerprint density at radius 1 is 1.42 bits per heavy atom. The van der Waals surface area contributed by atoms with E-state index in [2.05, 4.69) is 21.2 Å². The predicted molar refractivity (Wildman–Crippen MR) is 76.2 cm³/mol. The summed E-state index contributed by atoms with van der Waals surface area (Å²) in [5, 5.41) is 4.50. The Morgan fingerprint density at radius 2 is 2.26 bits per heavy atom. The minimum atomic E-state index is -0.343. The van der Waals surface area contributed by atoms with Crippen molar-refractivity contribution in [1.29, 1.82) is 0 Å². The highest BCUT2D eigenvalue weighted by molar-refractivity contribution is 9.11. The quantitative estimate of drug-likeness (QED) is 0.844. The monoisotopic (exact) mass is 343 g/mol. The fraction of sp³-hybridized carbons (Fsp3) is 0.154. The van der Waals surface area contributed by atoms with Crippen molar-refractivity contribution in [2.75, 3.05) is 13.2 Å². The molecule has 1 aromatic carbocycles. The minimum Gasteiger partial charge on any atom is -0.492 e. The lowest BCUT2D eigenvalue weighted by molar-refractivity contribution is 0.0947. The van der Waals surface area contributed by atoms with Gasteiger partial charge in [-0.25, -0.2) is 4.39 Å². The molecule has 0 bridgehead atoms. The molecule has 0 aliphatic rings. The van der Waals surface area contributed by atoms with Gasteiger partial charge in [0.15, 0.2) is 0 Å². The van der Waals surface area contributed by atoms with Crippen molar-refractivity contribution in [2.24, 2.45) is 0 Å². The molecule has 6 heteroatoms. The molecule has 0 saturated heterocycles. The average Bonchev–Trinajstić information content (AvgIpc) is 2.81. The molecule has 19 heavy (non-hydrogen) atoms. The van der Waals surface area contributed by atoms with E-state index in [9.17, 15) is 9.18 Å². The molecule has 0 spiro atoms. The number of amides is 1. The smallest absolute Gasteiger partial charge is 0.252 e. The van der Waals surface area contributed by atoms with Crippen LogP contribution in [0.1, 0.15) is 10.4 Å². The average molecular weight is 344 g/mol. The van der Waals surface area contributed by atoms with Crippen LogP contribution < -0.4 is 10.1 Å². The normalized spacial score (nSPS) is 10.2. The number of thiophene rings is 1. The first-order valence-electron chi connectivity index (χ1n) is 5.56. The van der Waals surface area contributed by atoms with Gasteiger partial charge in [-0.1, -0.05) is 6.07 Å². The third-order valence-corrected chi connectivity index (χ3v) is 3.79. The Bertz CT molecular complexity index is 573. The van der Waals surface area contributed by atoms with Crippen LogP contribution in [0.5, 0.6) is 5.75 Å². The van der Waals surface area contributed by atoms with E-state index in [0.29, 0.717) is 24.5 Å². The van der Waals surface area contributed by atoms with Crippen LogP contribution in [0.15, 0.2) is 39.5 Å². The number of ether oxygens (including phenoxy) is 1. The molecule has 1 aromatic heterocycles. The molecule has 2 aromatic rings. The Kier molecular flexibility index (Phi) is 4.93. The highest BCUT2D eigenvalue weighted by Gasteiger charge is 2.06. The lowest BCUT2D eigenvalue weighted by atomic mass is 10.3. The number of hydrogen-bond acceptors (Lipinski definition) is 3. The van der Waals surface area contributed by atoms with E-state index in [4.69, 9.17) is 4.74 Å². The fourth-order valence-electron chi connectivity index (χ4n) is 1.42. The number of rotatable bonds is 5. The summed E-state index contributed by atoms with van der Waals surface area (Å²) >= 11 is 4.75. The fourth-order valence-corrected chi connectivity index (χ4v) is 2.56. The molecular formula is C13H11BrFNO2S. The second kappa shape index (κ2) is 6.68. The third-order valence-electron chi connectivity index (χ3n) is 2.28. The summed E-state index contributed by atoms with van der Waals surface area (Å²) in [5.74, 6) is -0.0398. The number of carbonyl (C=O) groups is 1. The van der Waals surface area contributed by atoms with Gasteiger partial charge in [-0.3, -0.25) is 4.79 Å². The first-order valence-corrected chi connectivity index (χ1v) is 7.23. The van der Waals surface area contributed by atoms with Crippen molar-refractivity contribution in [3.05, 3.63) is 50.9 Å². The number of benzene rings is 1. The molecular weight excluding hydrogens is 333 g/mol. The summed E-state index contributed by atoms with van der Waals surface area (Å²) in [5.41, 5.74) is 0.614. The van der Waals surface area contributed by atoms with Gasteiger partial charge in [0.25, 0.3) is 5.91 Å². The Balaban J connectivity index is 1.74. The molecule has 0 atom stereocenters. The summed E-state index contributed by atoms with van der Waals surface area (Å²) in [6.07, 6.45) is 0. The number of carbonyl (C=O) groups excluding carboxylic acids is 1. The van der Waals surface area contributed by atoms with E-state index in [0.717, 1.165) is 3.79 Å². The molecule has 0 saturated carbocycles. The maximum atomic E-state index is 12.9. The Hall–Kier alpha value is -1.40. The van der Waals surface area contributed by atoms with Gasteiger partial charge in [-0.2, -0.15) is 0 Å². The molecule has 1 amide bonds. The zero-order valence-corrected chi connectivity index (χ0v) is 12.3. The topological polar surface area (TPSA) is 38.3 Å². The van der Waals surface area contributed by atoms with E-state index in [1.54, 1.807) is 23.6 Å². The first kappa shape index (κ1) is 14.0. The lowest BCUT2D eigenvalue weighted by Crippen LogP contribution is -2.27. The number of nitrogens with one attached hydrogen (secondary N) is 1. The van der Waals surface area contributed by atoms with E-state index in [-0.39, 0.29) is 11.7 Å². The first-order chi connectivity index (χ1) is 9.15. The van der Waals surface area contributed by atoms with Crippen LogP contribution in [0.2, 0.25) is 0 Å². The van der Waals surface area contributed by atoms with Crippen molar-refractivity contribution in [3.8, 4) is 5.75 Å². The van der Waals surface area contributed by atoms with Crippen LogP contribution in [0.3, 0.4) is 0 Å². The molecule has 0 aliphatic heterocycles. The van der Waals surface area contributed by atoms with Crippen LogP contribution in [-0.2, 0) is 0 Å². The van der Waals surface area contributed by atoms with Gasteiger partial charge in [-0.05, 0) is 34.1 Å². The van der Waals surface area contributed by atoms with E-state index < -0.39 is 0 Å². The maximum Gasteiger partial charge on any atom is 0.252 e. The molecule has 0 unspecified atom stereocenters. The second-order valence-corrected chi connectivity index (χ2v) is 5.99. The van der Waals surface area contributed by atoms with Gasteiger partial charge >= 0.3 is 0 Å². The highest BCUT2D eigenvalue weighted by atomic mass is 79.9. The SMILES string of the molecule is O=C(NCCOc1cccc(F)c1)c1csc(Br)c1. The van der Waals surface area contributed by atoms with E-state index >= 15 is 0 Å². The minimum absolute atomic E-state index is 0.148. The summed E-state index contributed by atoms with van der Waals surface area (Å²) in [6.45, 7) is 0.656. The molecule has 0 fully saturated rings. The third kappa shape index (κ3) is 4.33. The predicted octanol–water partition coefficient (Wildman–Crippen LogP) is 3.46. The van der Waals surface area contributed by atoms with Crippen molar-refractivity contribution >= 4 is 33.2 Å². The molecule has 100 valence electrons.